The Morgan fingerprint density at radius 2 is 1.80 bits per heavy atom. The third-order valence-electron chi connectivity index (χ3n) is 3.58. The van der Waals surface area contributed by atoms with Crippen LogP contribution < -0.4 is 10.6 Å². The van der Waals surface area contributed by atoms with E-state index in [0.717, 1.165) is 4.88 Å². The van der Waals surface area contributed by atoms with Gasteiger partial charge in [0.15, 0.2) is 0 Å². The second-order valence-corrected chi connectivity index (χ2v) is 9.29. The Kier molecular flexibility index (Phi) is 4.83. The number of amides is 2. The number of nitrogens with zero attached hydrogens (tertiary/aromatic N) is 1. The van der Waals surface area contributed by atoms with Gasteiger partial charge in [0.25, 0.3) is 0 Å². The van der Waals surface area contributed by atoms with Crippen molar-refractivity contribution in [3.8, 4) is 0 Å². The zero-order valence-corrected chi connectivity index (χ0v) is 15.5. The molecule has 2 heterocycles. The van der Waals surface area contributed by atoms with Gasteiger partial charge >= 0.3 is 0 Å². The Hall–Kier alpha value is -1.94. The topological polar surface area (TPSA) is 95.6 Å². The molecule has 0 aliphatic carbocycles. The highest BCUT2D eigenvalue weighted by molar-refractivity contribution is 7.89. The Morgan fingerprint density at radius 3 is 2.44 bits per heavy atom. The zero-order chi connectivity index (χ0) is 18.2. The maximum absolute atomic E-state index is 12.8. The first-order valence-corrected chi connectivity index (χ1v) is 9.83. The van der Waals surface area contributed by atoms with Crippen LogP contribution in [-0.2, 0) is 26.2 Å². The molecule has 0 saturated heterocycles. The summed E-state index contributed by atoms with van der Waals surface area (Å²) in [6.07, 6.45) is -0.310. The van der Waals surface area contributed by atoms with Crippen molar-refractivity contribution in [3.05, 3.63) is 39.5 Å². The molecule has 0 atom stereocenters. The SMILES string of the molecule is CN(Cc1ccc(Cl)s1)S(=O)(=O)c1ccc2c(c1)NC(=O)CC(=O)N2. The van der Waals surface area contributed by atoms with Gasteiger partial charge in [-0.3, -0.25) is 9.59 Å². The minimum absolute atomic E-state index is 0.0212. The molecule has 0 bridgehead atoms. The standard InChI is InChI=1S/C15H14ClN3O4S2/c1-19(8-9-2-5-13(16)24-9)25(22,23)10-3-4-11-12(6-10)18-15(21)7-14(20)17-11/h2-6H,7-8H2,1H3,(H,17,20)(H,18,21). The van der Waals surface area contributed by atoms with Crippen LogP contribution in [0.3, 0.4) is 0 Å². The average Bonchev–Trinajstić information content (AvgIpc) is 2.86. The summed E-state index contributed by atoms with van der Waals surface area (Å²) in [6, 6.07) is 7.67. The number of carbonyl (C=O) groups is 2. The third kappa shape index (κ3) is 3.84. The van der Waals surface area contributed by atoms with Crippen molar-refractivity contribution in [2.45, 2.75) is 17.9 Å². The van der Waals surface area contributed by atoms with Crippen LogP contribution in [-0.4, -0.2) is 31.6 Å². The van der Waals surface area contributed by atoms with Gasteiger partial charge < -0.3 is 10.6 Å². The van der Waals surface area contributed by atoms with Crippen LogP contribution in [0.25, 0.3) is 0 Å². The second kappa shape index (κ2) is 6.75. The molecule has 132 valence electrons. The van der Waals surface area contributed by atoms with E-state index in [9.17, 15) is 18.0 Å². The number of hydrogen-bond donors (Lipinski definition) is 2. The molecule has 0 saturated carbocycles. The van der Waals surface area contributed by atoms with Crippen LogP contribution in [0, 0.1) is 0 Å². The smallest absolute Gasteiger partial charge is 0.243 e. The predicted molar refractivity (Wildman–Crippen MR) is 96.3 cm³/mol. The first kappa shape index (κ1) is 17.9. The van der Waals surface area contributed by atoms with Crippen molar-refractivity contribution < 1.29 is 18.0 Å². The largest absolute Gasteiger partial charge is 0.324 e. The normalized spacial score (nSPS) is 14.7. The minimum Gasteiger partial charge on any atom is -0.324 e. The van der Waals surface area contributed by atoms with Gasteiger partial charge in [0.05, 0.1) is 20.6 Å². The van der Waals surface area contributed by atoms with E-state index in [1.807, 2.05) is 0 Å². The number of anilines is 2. The molecule has 0 spiro atoms. The Morgan fingerprint density at radius 1 is 1.12 bits per heavy atom. The number of benzene rings is 1. The number of sulfonamides is 1. The molecule has 0 fully saturated rings. The number of halogens is 1. The first-order valence-electron chi connectivity index (χ1n) is 7.20. The monoisotopic (exact) mass is 399 g/mol. The van der Waals surface area contributed by atoms with Crippen LogP contribution in [0.1, 0.15) is 11.3 Å². The van der Waals surface area contributed by atoms with Crippen LogP contribution in [0.15, 0.2) is 35.2 Å². The molecule has 1 aromatic heterocycles. The number of nitrogens with one attached hydrogen (secondary N) is 2. The number of thiophene rings is 1. The maximum atomic E-state index is 12.8. The van der Waals surface area contributed by atoms with E-state index in [-0.39, 0.29) is 23.5 Å². The maximum Gasteiger partial charge on any atom is 0.243 e. The lowest BCUT2D eigenvalue weighted by atomic mass is 10.2. The first-order chi connectivity index (χ1) is 11.8. The fourth-order valence-electron chi connectivity index (χ4n) is 2.35. The molecule has 10 heteroatoms. The molecule has 2 amide bonds. The molecule has 1 aromatic carbocycles. The Balaban J connectivity index is 1.90. The predicted octanol–water partition coefficient (Wildman–Crippen LogP) is 2.50. The summed E-state index contributed by atoms with van der Waals surface area (Å²) in [4.78, 5) is 24.0. The number of hydrogen-bond acceptors (Lipinski definition) is 5. The number of carbonyl (C=O) groups excluding carboxylic acids is 2. The minimum atomic E-state index is -3.77. The highest BCUT2D eigenvalue weighted by Gasteiger charge is 2.25. The van der Waals surface area contributed by atoms with Gasteiger partial charge in [0.1, 0.15) is 6.42 Å². The van der Waals surface area contributed by atoms with Crippen molar-refractivity contribution in [3.63, 3.8) is 0 Å². The highest BCUT2D eigenvalue weighted by atomic mass is 35.5. The van der Waals surface area contributed by atoms with Gasteiger partial charge in [-0.25, -0.2) is 8.42 Å². The molecular weight excluding hydrogens is 386 g/mol. The van der Waals surface area contributed by atoms with Gasteiger partial charge in [-0.15, -0.1) is 11.3 Å². The molecule has 1 aliphatic heterocycles. The van der Waals surface area contributed by atoms with Crippen molar-refractivity contribution >= 4 is 56.2 Å². The molecule has 7 nitrogen and oxygen atoms in total. The summed E-state index contributed by atoms with van der Waals surface area (Å²) >= 11 is 7.18. The van der Waals surface area contributed by atoms with Crippen molar-refractivity contribution in [1.29, 1.82) is 0 Å². The van der Waals surface area contributed by atoms with Gasteiger partial charge in [-0.2, -0.15) is 4.31 Å². The zero-order valence-electron chi connectivity index (χ0n) is 13.1. The van der Waals surface area contributed by atoms with E-state index in [4.69, 9.17) is 11.6 Å². The van der Waals surface area contributed by atoms with Crippen molar-refractivity contribution in [1.82, 2.24) is 4.31 Å². The van der Waals surface area contributed by atoms with Gasteiger partial charge in [0.2, 0.25) is 21.8 Å². The van der Waals surface area contributed by atoms with Crippen LogP contribution >= 0.6 is 22.9 Å². The fraction of sp³-hybridized carbons (Fsp3) is 0.200. The Bertz CT molecular complexity index is 955. The van der Waals surface area contributed by atoms with Crippen LogP contribution in [0.2, 0.25) is 4.34 Å². The average molecular weight is 400 g/mol. The number of rotatable bonds is 4. The third-order valence-corrected chi connectivity index (χ3v) is 6.59. The molecule has 0 unspecified atom stereocenters. The van der Waals surface area contributed by atoms with E-state index >= 15 is 0 Å². The molecule has 25 heavy (non-hydrogen) atoms. The lowest BCUT2D eigenvalue weighted by molar-refractivity contribution is -0.123. The van der Waals surface area contributed by atoms with Gasteiger partial charge in [-0.1, -0.05) is 11.6 Å². The lowest BCUT2D eigenvalue weighted by Gasteiger charge is -2.17. The van der Waals surface area contributed by atoms with Crippen LogP contribution in [0.4, 0.5) is 11.4 Å². The molecule has 2 N–H and O–H groups in total. The lowest BCUT2D eigenvalue weighted by Crippen LogP contribution is -2.26. The summed E-state index contributed by atoms with van der Waals surface area (Å²) in [6.45, 7) is 0.180. The summed E-state index contributed by atoms with van der Waals surface area (Å²) in [5.41, 5.74) is 0.618. The summed E-state index contributed by atoms with van der Waals surface area (Å²) in [5.74, 6) is -0.939. The molecular formula is C15H14ClN3O4S2. The van der Waals surface area contributed by atoms with Gasteiger partial charge in [0, 0.05) is 18.5 Å². The van der Waals surface area contributed by atoms with Crippen molar-refractivity contribution in [2.75, 3.05) is 17.7 Å². The van der Waals surface area contributed by atoms with E-state index < -0.39 is 21.8 Å². The van der Waals surface area contributed by atoms with E-state index in [1.54, 1.807) is 12.1 Å². The number of fused-ring (bicyclic) bond motifs is 1. The second-order valence-electron chi connectivity index (χ2n) is 5.45. The van der Waals surface area contributed by atoms with E-state index in [1.165, 1.54) is 40.9 Å². The van der Waals surface area contributed by atoms with E-state index in [0.29, 0.717) is 10.0 Å². The molecule has 3 rings (SSSR count). The van der Waals surface area contributed by atoms with Crippen molar-refractivity contribution in [2.24, 2.45) is 0 Å². The molecule has 1 aliphatic rings. The highest BCUT2D eigenvalue weighted by Crippen LogP contribution is 2.30. The summed E-state index contributed by atoms with van der Waals surface area (Å²) in [5, 5.41) is 5.10. The summed E-state index contributed by atoms with van der Waals surface area (Å²) < 4.78 is 27.3. The van der Waals surface area contributed by atoms with Crippen LogP contribution in [0.5, 0.6) is 0 Å². The fourth-order valence-corrected chi connectivity index (χ4v) is 4.75. The quantitative estimate of drug-likeness (QED) is 0.772. The van der Waals surface area contributed by atoms with Gasteiger partial charge in [-0.05, 0) is 30.3 Å². The molecule has 2 aromatic rings. The van der Waals surface area contributed by atoms with E-state index in [2.05, 4.69) is 10.6 Å². The summed E-state index contributed by atoms with van der Waals surface area (Å²) in [7, 11) is -2.30. The Labute approximate surface area is 153 Å². The molecule has 0 radical (unpaired) electrons.